The minimum atomic E-state index is -0.601. The summed E-state index contributed by atoms with van der Waals surface area (Å²) in [5.41, 5.74) is 0.553. The van der Waals surface area contributed by atoms with Gasteiger partial charge in [0.15, 0.2) is 0 Å². The maximum atomic E-state index is 11.1. The van der Waals surface area contributed by atoms with Crippen molar-refractivity contribution in [3.05, 3.63) is 35.2 Å². The first kappa shape index (κ1) is 13.1. The van der Waals surface area contributed by atoms with E-state index in [0.717, 1.165) is 43.1 Å². The van der Waals surface area contributed by atoms with Gasteiger partial charge in [0.1, 0.15) is 0 Å². The molecule has 102 valence electrons. The summed E-state index contributed by atoms with van der Waals surface area (Å²) in [7, 11) is 0. The molecule has 1 nitrogen and oxygen atoms in total. The van der Waals surface area contributed by atoms with E-state index in [0.29, 0.717) is 0 Å². The van der Waals surface area contributed by atoms with Gasteiger partial charge < -0.3 is 5.11 Å². The number of fused-ring (bicyclic) bond motifs is 1. The van der Waals surface area contributed by atoms with Gasteiger partial charge in [-0.25, -0.2) is 0 Å². The van der Waals surface area contributed by atoms with Crippen molar-refractivity contribution in [2.75, 3.05) is 0 Å². The third-order valence-electron chi connectivity index (χ3n) is 4.78. The Balaban J connectivity index is 1.92. The first-order chi connectivity index (χ1) is 9.10. The van der Waals surface area contributed by atoms with Crippen LogP contribution in [-0.4, -0.2) is 5.11 Å². The number of hydrogen-bond donors (Lipinski definition) is 1. The molecule has 1 fully saturated rings. The van der Waals surface area contributed by atoms with Crippen LogP contribution in [-0.2, 0) is 5.60 Å². The summed E-state index contributed by atoms with van der Waals surface area (Å²) in [6.45, 7) is 4.60. The summed E-state index contributed by atoms with van der Waals surface area (Å²) in [6.07, 6.45) is 4.12. The Morgan fingerprint density at radius 2 is 1.95 bits per heavy atom. The van der Waals surface area contributed by atoms with Crippen LogP contribution >= 0.6 is 11.3 Å². The molecule has 1 aliphatic carbocycles. The van der Waals surface area contributed by atoms with Gasteiger partial charge in [0.25, 0.3) is 0 Å². The van der Waals surface area contributed by atoms with Crippen LogP contribution in [0.4, 0.5) is 0 Å². The van der Waals surface area contributed by atoms with Crippen molar-refractivity contribution in [3.63, 3.8) is 0 Å². The molecule has 0 bridgehead atoms. The number of rotatable bonds is 2. The molecule has 0 aliphatic heterocycles. The van der Waals surface area contributed by atoms with Crippen molar-refractivity contribution in [2.24, 2.45) is 11.8 Å². The number of benzene rings is 1. The van der Waals surface area contributed by atoms with Gasteiger partial charge in [0.2, 0.25) is 0 Å². The van der Waals surface area contributed by atoms with Crippen molar-refractivity contribution in [2.45, 2.75) is 45.1 Å². The van der Waals surface area contributed by atoms with Crippen molar-refractivity contribution < 1.29 is 5.11 Å². The molecule has 0 atom stereocenters. The molecule has 19 heavy (non-hydrogen) atoms. The van der Waals surface area contributed by atoms with E-state index in [4.69, 9.17) is 0 Å². The Morgan fingerprint density at radius 1 is 1.21 bits per heavy atom. The minimum absolute atomic E-state index is 0.601. The zero-order valence-corrected chi connectivity index (χ0v) is 12.5. The molecule has 1 aromatic heterocycles. The van der Waals surface area contributed by atoms with Crippen molar-refractivity contribution >= 4 is 21.4 Å². The fourth-order valence-corrected chi connectivity index (χ4v) is 4.42. The highest BCUT2D eigenvalue weighted by molar-refractivity contribution is 7.17. The van der Waals surface area contributed by atoms with E-state index in [2.05, 4.69) is 43.5 Å². The molecule has 1 aliphatic rings. The van der Waals surface area contributed by atoms with Gasteiger partial charge in [0.05, 0.1) is 5.60 Å². The van der Waals surface area contributed by atoms with E-state index in [1.54, 1.807) is 11.3 Å². The van der Waals surface area contributed by atoms with Crippen molar-refractivity contribution in [1.82, 2.24) is 0 Å². The minimum Gasteiger partial charge on any atom is -0.385 e. The van der Waals surface area contributed by atoms with E-state index in [-0.39, 0.29) is 0 Å². The third kappa shape index (κ3) is 2.32. The summed E-state index contributed by atoms with van der Waals surface area (Å²) < 4.78 is 1.27. The van der Waals surface area contributed by atoms with Crippen LogP contribution < -0.4 is 0 Å². The topological polar surface area (TPSA) is 20.2 Å². The van der Waals surface area contributed by atoms with E-state index >= 15 is 0 Å². The maximum absolute atomic E-state index is 11.1. The average Bonchev–Trinajstić information content (AvgIpc) is 2.87. The molecule has 0 unspecified atom stereocenters. The standard InChI is InChI=1S/C17H22OS/c1-12(2)13-6-9-17(18,10-7-13)15-5-3-4-14-8-11-19-16(14)15/h3-5,8,11-13,18H,6-7,9-10H2,1-2H3. The Morgan fingerprint density at radius 3 is 2.63 bits per heavy atom. The molecule has 1 heterocycles. The second-order valence-electron chi connectivity index (χ2n) is 6.26. The van der Waals surface area contributed by atoms with Gasteiger partial charge in [-0.05, 0) is 54.4 Å². The summed E-state index contributed by atoms with van der Waals surface area (Å²) in [4.78, 5) is 0. The highest BCUT2D eigenvalue weighted by atomic mass is 32.1. The maximum Gasteiger partial charge on any atom is 0.0910 e. The summed E-state index contributed by atoms with van der Waals surface area (Å²) in [5, 5.41) is 14.5. The fourth-order valence-electron chi connectivity index (χ4n) is 3.41. The molecule has 1 aromatic carbocycles. The van der Waals surface area contributed by atoms with Crippen LogP contribution in [0, 0.1) is 11.8 Å². The third-order valence-corrected chi connectivity index (χ3v) is 5.74. The molecule has 0 radical (unpaired) electrons. The zero-order valence-electron chi connectivity index (χ0n) is 11.7. The second-order valence-corrected chi connectivity index (χ2v) is 7.17. The monoisotopic (exact) mass is 274 g/mol. The predicted octanol–water partition coefficient (Wildman–Crippen LogP) is 4.94. The lowest BCUT2D eigenvalue weighted by Gasteiger charge is -2.38. The zero-order chi connectivity index (χ0) is 13.5. The molecule has 1 N–H and O–H groups in total. The number of aliphatic hydroxyl groups is 1. The van der Waals surface area contributed by atoms with Gasteiger partial charge in [-0.15, -0.1) is 11.3 Å². The summed E-state index contributed by atoms with van der Waals surface area (Å²) >= 11 is 1.75. The van der Waals surface area contributed by atoms with Gasteiger partial charge in [0, 0.05) is 10.3 Å². The van der Waals surface area contributed by atoms with Crippen LogP contribution in [0.1, 0.15) is 45.1 Å². The first-order valence-corrected chi connectivity index (χ1v) is 8.17. The lowest BCUT2D eigenvalue weighted by Crippen LogP contribution is -2.32. The molecule has 2 aromatic rings. The quantitative estimate of drug-likeness (QED) is 0.822. The largest absolute Gasteiger partial charge is 0.385 e. The van der Waals surface area contributed by atoms with E-state index < -0.39 is 5.60 Å². The van der Waals surface area contributed by atoms with Gasteiger partial charge in [-0.3, -0.25) is 0 Å². The molecule has 1 saturated carbocycles. The Hall–Kier alpha value is -0.860. The highest BCUT2D eigenvalue weighted by Crippen LogP contribution is 2.44. The predicted molar refractivity (Wildman–Crippen MR) is 82.5 cm³/mol. The molecule has 0 spiro atoms. The second kappa shape index (κ2) is 4.92. The van der Waals surface area contributed by atoms with Gasteiger partial charge in [-0.1, -0.05) is 32.0 Å². The Kier molecular flexibility index (Phi) is 3.40. The molecule has 2 heteroatoms. The number of hydrogen-bond acceptors (Lipinski definition) is 2. The van der Waals surface area contributed by atoms with Crippen LogP contribution in [0.5, 0.6) is 0 Å². The van der Waals surface area contributed by atoms with Gasteiger partial charge in [-0.2, -0.15) is 0 Å². The average molecular weight is 274 g/mol. The molecule has 0 amide bonds. The van der Waals surface area contributed by atoms with E-state index in [9.17, 15) is 5.11 Å². The Labute approximate surface area is 119 Å². The molecular weight excluding hydrogens is 252 g/mol. The van der Waals surface area contributed by atoms with Crippen LogP contribution in [0.3, 0.4) is 0 Å². The highest BCUT2D eigenvalue weighted by Gasteiger charge is 2.36. The lowest BCUT2D eigenvalue weighted by atomic mass is 9.72. The normalized spacial score (nSPS) is 28.1. The van der Waals surface area contributed by atoms with Gasteiger partial charge >= 0.3 is 0 Å². The molecule has 3 rings (SSSR count). The van der Waals surface area contributed by atoms with Crippen molar-refractivity contribution in [3.8, 4) is 0 Å². The van der Waals surface area contributed by atoms with Crippen LogP contribution in [0.15, 0.2) is 29.6 Å². The SMILES string of the molecule is CC(C)C1CCC(O)(c2cccc3ccsc23)CC1. The van der Waals surface area contributed by atoms with Crippen LogP contribution in [0.25, 0.3) is 10.1 Å². The van der Waals surface area contributed by atoms with E-state index in [1.165, 1.54) is 10.1 Å². The Bertz CT molecular complexity index is 561. The molecule has 0 saturated heterocycles. The van der Waals surface area contributed by atoms with Crippen molar-refractivity contribution in [1.29, 1.82) is 0 Å². The lowest BCUT2D eigenvalue weighted by molar-refractivity contribution is -0.0185. The number of thiophene rings is 1. The first-order valence-electron chi connectivity index (χ1n) is 7.29. The summed E-state index contributed by atoms with van der Waals surface area (Å²) in [5.74, 6) is 1.52. The molecular formula is C17H22OS. The fraction of sp³-hybridized carbons (Fsp3) is 0.529. The smallest absolute Gasteiger partial charge is 0.0910 e. The summed E-state index contributed by atoms with van der Waals surface area (Å²) in [6, 6.07) is 8.48. The van der Waals surface area contributed by atoms with Crippen LogP contribution in [0.2, 0.25) is 0 Å². The van der Waals surface area contributed by atoms with E-state index in [1.807, 2.05) is 0 Å².